The van der Waals surface area contributed by atoms with Gasteiger partial charge in [-0.1, -0.05) is 6.07 Å². The minimum absolute atomic E-state index is 0.368. The van der Waals surface area contributed by atoms with Gasteiger partial charge in [-0.3, -0.25) is 20.8 Å². The Morgan fingerprint density at radius 2 is 1.28 bits per heavy atom. The Morgan fingerprint density at radius 3 is 1.78 bits per heavy atom. The average molecular weight is 482 g/mol. The first-order valence-electron chi connectivity index (χ1n) is 11.2. The van der Waals surface area contributed by atoms with Gasteiger partial charge in [0.15, 0.2) is 11.6 Å². The van der Waals surface area contributed by atoms with Crippen molar-refractivity contribution in [2.45, 2.75) is 20.8 Å². The molecule has 0 spiro atoms. The van der Waals surface area contributed by atoms with E-state index in [1.54, 1.807) is 38.0 Å². The lowest BCUT2D eigenvalue weighted by Crippen LogP contribution is -2.07. The molecule has 0 aliphatic rings. The quantitative estimate of drug-likeness (QED) is 0.226. The van der Waals surface area contributed by atoms with Crippen LogP contribution in [0.25, 0.3) is 0 Å². The molecule has 0 unspecified atom stereocenters. The fourth-order valence-electron chi connectivity index (χ4n) is 3.20. The number of aryl methyl sites for hydroxylation is 1. The summed E-state index contributed by atoms with van der Waals surface area (Å²) < 4.78 is 5.36. The van der Waals surface area contributed by atoms with Crippen molar-refractivity contribution >= 4 is 34.7 Å². The van der Waals surface area contributed by atoms with Crippen molar-refractivity contribution in [1.29, 1.82) is 0 Å². The number of hydrazone groups is 2. The molecule has 0 aliphatic heterocycles. The average Bonchev–Trinajstić information content (AvgIpc) is 2.92. The van der Waals surface area contributed by atoms with Crippen molar-refractivity contribution in [2.75, 3.05) is 23.3 Å². The van der Waals surface area contributed by atoms with Crippen LogP contribution in [0.3, 0.4) is 0 Å². The molecule has 36 heavy (non-hydrogen) atoms. The highest BCUT2D eigenvalue weighted by atomic mass is 16.5. The molecule has 3 aromatic heterocycles. The van der Waals surface area contributed by atoms with E-state index in [1.807, 2.05) is 63.2 Å². The number of methoxy groups -OCH3 is 1. The van der Waals surface area contributed by atoms with Crippen molar-refractivity contribution in [1.82, 2.24) is 19.9 Å². The Hall–Kier alpha value is -4.86. The maximum Gasteiger partial charge on any atom is 0.231 e. The number of aromatic nitrogens is 4. The second-order valence-corrected chi connectivity index (χ2v) is 7.86. The monoisotopic (exact) mass is 481 g/mol. The number of hydrogen-bond donors (Lipinski definition) is 3. The highest BCUT2D eigenvalue weighted by Gasteiger charge is 2.09. The zero-order valence-corrected chi connectivity index (χ0v) is 20.5. The van der Waals surface area contributed by atoms with E-state index >= 15 is 0 Å². The number of ether oxygens (including phenoxy) is 1. The molecule has 0 aliphatic carbocycles. The zero-order chi connectivity index (χ0) is 25.3. The number of nitrogens with one attached hydrogen (secondary N) is 3. The molecule has 10 heteroatoms. The molecule has 0 fully saturated rings. The summed E-state index contributed by atoms with van der Waals surface area (Å²) in [6.45, 7) is 5.81. The summed E-state index contributed by atoms with van der Waals surface area (Å²) in [5, 5.41) is 12.2. The first-order chi connectivity index (χ1) is 17.5. The fourth-order valence-corrected chi connectivity index (χ4v) is 3.20. The highest BCUT2D eigenvalue weighted by Crippen LogP contribution is 2.25. The minimum atomic E-state index is 0.368. The molecule has 0 bridgehead atoms. The van der Waals surface area contributed by atoms with E-state index in [4.69, 9.17) is 4.74 Å². The van der Waals surface area contributed by atoms with Gasteiger partial charge in [-0.05, 0) is 56.7 Å². The van der Waals surface area contributed by atoms with E-state index in [2.05, 4.69) is 46.3 Å². The standard InChI is InChI=1S/C26H27N9O/c1-17-5-6-22(36-4)15-23(17)29-26-30-24(34-32-18(2)20-7-11-27-12-8-20)16-25(31-26)35-33-19(3)21-9-13-28-14-10-21/h5-16H,1-4H3,(H3,29,30,31,34,35). The second-order valence-electron chi connectivity index (χ2n) is 7.86. The lowest BCUT2D eigenvalue weighted by Gasteiger charge is -2.12. The maximum atomic E-state index is 5.36. The van der Waals surface area contributed by atoms with E-state index in [0.717, 1.165) is 39.6 Å². The Morgan fingerprint density at radius 1 is 0.750 bits per heavy atom. The van der Waals surface area contributed by atoms with Crippen LogP contribution in [0.5, 0.6) is 5.75 Å². The van der Waals surface area contributed by atoms with Crippen LogP contribution < -0.4 is 20.9 Å². The lowest BCUT2D eigenvalue weighted by molar-refractivity contribution is 0.415. The van der Waals surface area contributed by atoms with Gasteiger partial charge < -0.3 is 10.1 Å². The van der Waals surface area contributed by atoms with Crippen LogP contribution in [-0.2, 0) is 0 Å². The van der Waals surface area contributed by atoms with Gasteiger partial charge in [0.2, 0.25) is 5.95 Å². The van der Waals surface area contributed by atoms with Crippen LogP contribution >= 0.6 is 0 Å². The van der Waals surface area contributed by atoms with Crippen molar-refractivity contribution < 1.29 is 4.74 Å². The lowest BCUT2D eigenvalue weighted by atomic mass is 10.2. The van der Waals surface area contributed by atoms with Crippen molar-refractivity contribution in [3.05, 3.63) is 90.0 Å². The van der Waals surface area contributed by atoms with E-state index < -0.39 is 0 Å². The first kappa shape index (κ1) is 24.3. The second kappa shape index (κ2) is 11.5. The molecule has 0 saturated carbocycles. The number of nitrogens with zero attached hydrogens (tertiary/aromatic N) is 6. The van der Waals surface area contributed by atoms with Gasteiger partial charge in [-0.15, -0.1) is 0 Å². The first-order valence-corrected chi connectivity index (χ1v) is 11.2. The third kappa shape index (κ3) is 6.38. The number of anilines is 4. The fraction of sp³-hybridized carbons (Fsp3) is 0.154. The zero-order valence-electron chi connectivity index (χ0n) is 20.5. The van der Waals surface area contributed by atoms with Gasteiger partial charge in [0.25, 0.3) is 0 Å². The molecular formula is C26H27N9O. The van der Waals surface area contributed by atoms with E-state index in [9.17, 15) is 0 Å². The Kier molecular flexibility index (Phi) is 7.76. The van der Waals surface area contributed by atoms with E-state index in [0.29, 0.717) is 17.6 Å². The van der Waals surface area contributed by atoms with Crippen LogP contribution in [0.4, 0.5) is 23.3 Å². The predicted molar refractivity (Wildman–Crippen MR) is 143 cm³/mol. The molecule has 10 nitrogen and oxygen atoms in total. The van der Waals surface area contributed by atoms with Crippen LogP contribution in [0, 0.1) is 6.92 Å². The molecule has 3 heterocycles. The van der Waals surface area contributed by atoms with Crippen LogP contribution in [0.1, 0.15) is 30.5 Å². The molecule has 0 amide bonds. The largest absolute Gasteiger partial charge is 0.497 e. The molecule has 4 rings (SSSR count). The van der Waals surface area contributed by atoms with Gasteiger partial charge in [-0.2, -0.15) is 20.2 Å². The molecule has 182 valence electrons. The third-order valence-corrected chi connectivity index (χ3v) is 5.29. The van der Waals surface area contributed by atoms with Gasteiger partial charge in [0.05, 0.1) is 18.5 Å². The van der Waals surface area contributed by atoms with Crippen LogP contribution in [0.2, 0.25) is 0 Å². The molecule has 3 N–H and O–H groups in total. The number of hydrogen-bond acceptors (Lipinski definition) is 10. The summed E-state index contributed by atoms with van der Waals surface area (Å²) >= 11 is 0. The Bertz CT molecular complexity index is 1300. The number of pyridine rings is 2. The van der Waals surface area contributed by atoms with Crippen molar-refractivity contribution in [3.8, 4) is 5.75 Å². The summed E-state index contributed by atoms with van der Waals surface area (Å²) in [5.74, 6) is 2.07. The van der Waals surface area contributed by atoms with Crippen LogP contribution in [0.15, 0.2) is 83.5 Å². The molecule has 4 aromatic rings. The molecule has 0 radical (unpaired) electrons. The van der Waals surface area contributed by atoms with Gasteiger partial charge in [-0.25, -0.2) is 0 Å². The number of rotatable bonds is 9. The number of benzene rings is 1. The van der Waals surface area contributed by atoms with Crippen molar-refractivity contribution in [3.63, 3.8) is 0 Å². The minimum Gasteiger partial charge on any atom is -0.497 e. The van der Waals surface area contributed by atoms with Gasteiger partial charge in [0.1, 0.15) is 5.75 Å². The van der Waals surface area contributed by atoms with Crippen LogP contribution in [-0.4, -0.2) is 38.5 Å². The topological polar surface area (TPSA) is 122 Å². The predicted octanol–water partition coefficient (Wildman–Crippen LogP) is 5.00. The summed E-state index contributed by atoms with van der Waals surface area (Å²) in [6.07, 6.45) is 6.90. The highest BCUT2D eigenvalue weighted by molar-refractivity contribution is 5.99. The molecular weight excluding hydrogens is 454 g/mol. The van der Waals surface area contributed by atoms with Gasteiger partial charge >= 0.3 is 0 Å². The maximum absolute atomic E-state index is 5.36. The SMILES string of the molecule is COc1ccc(C)c(Nc2nc(NN=C(C)c3ccncc3)cc(NN=C(C)c3ccncc3)n2)c1. The summed E-state index contributed by atoms with van der Waals surface area (Å²) in [4.78, 5) is 17.3. The molecule has 0 atom stereocenters. The van der Waals surface area contributed by atoms with Crippen molar-refractivity contribution in [2.24, 2.45) is 10.2 Å². The molecule has 1 aromatic carbocycles. The summed E-state index contributed by atoms with van der Waals surface area (Å²) in [5.41, 5.74) is 11.4. The Labute approximate surface area is 209 Å². The normalized spacial score (nSPS) is 11.7. The Balaban J connectivity index is 1.63. The molecule has 0 saturated heterocycles. The third-order valence-electron chi connectivity index (χ3n) is 5.29. The smallest absolute Gasteiger partial charge is 0.231 e. The van der Waals surface area contributed by atoms with Gasteiger partial charge in [0, 0.05) is 53.7 Å². The summed E-state index contributed by atoms with van der Waals surface area (Å²) in [6, 6.07) is 15.1. The van der Waals surface area contributed by atoms with E-state index in [-0.39, 0.29) is 0 Å². The van der Waals surface area contributed by atoms with E-state index in [1.165, 1.54) is 0 Å². The summed E-state index contributed by atoms with van der Waals surface area (Å²) in [7, 11) is 1.63.